The van der Waals surface area contributed by atoms with Crippen molar-refractivity contribution in [2.24, 2.45) is 0 Å². The third-order valence-electron chi connectivity index (χ3n) is 2.80. The molecule has 4 heteroatoms. The Labute approximate surface area is 108 Å². The number of hydrogen-bond acceptors (Lipinski definition) is 2. The average Bonchev–Trinajstić information content (AvgIpc) is 2.68. The van der Waals surface area contributed by atoms with Crippen molar-refractivity contribution < 1.29 is 4.74 Å². The molecule has 2 aromatic rings. The fraction of sp³-hybridized carbons (Fsp3) is 0.385. The Hall–Kier alpha value is -1.19. The lowest BCUT2D eigenvalue weighted by molar-refractivity contribution is 0.413. The molecule has 0 aliphatic heterocycles. The van der Waals surface area contributed by atoms with Crippen molar-refractivity contribution in [2.75, 3.05) is 27.7 Å². The van der Waals surface area contributed by atoms with Crippen LogP contribution < -0.4 is 4.74 Å². The number of rotatable bonds is 4. The highest BCUT2D eigenvalue weighted by Crippen LogP contribution is 2.23. The third-order valence-corrected chi connectivity index (χ3v) is 2.80. The maximum atomic E-state index is 5.25. The molecular formula is C13H19ClN2O. The van der Waals surface area contributed by atoms with Gasteiger partial charge in [0, 0.05) is 23.6 Å². The highest BCUT2D eigenvalue weighted by atomic mass is 35.5. The van der Waals surface area contributed by atoms with E-state index in [0.717, 1.165) is 18.7 Å². The van der Waals surface area contributed by atoms with Crippen LogP contribution >= 0.6 is 12.4 Å². The van der Waals surface area contributed by atoms with Crippen molar-refractivity contribution >= 4 is 23.3 Å². The largest absolute Gasteiger partial charge is 0.497 e. The zero-order chi connectivity index (χ0) is 11.5. The van der Waals surface area contributed by atoms with Gasteiger partial charge in [-0.25, -0.2) is 0 Å². The molecule has 0 amide bonds. The molecule has 2 rings (SSSR count). The van der Waals surface area contributed by atoms with Gasteiger partial charge in [0.2, 0.25) is 0 Å². The molecule has 0 radical (unpaired) electrons. The summed E-state index contributed by atoms with van der Waals surface area (Å²) in [7, 11) is 5.89. The molecule has 0 aliphatic rings. The van der Waals surface area contributed by atoms with E-state index in [2.05, 4.69) is 42.3 Å². The molecule has 1 N–H and O–H groups in total. The van der Waals surface area contributed by atoms with Gasteiger partial charge in [-0.3, -0.25) is 0 Å². The Bertz CT molecular complexity index is 479. The standard InChI is InChI=1S/C13H18N2O.ClH/c1-15(2)7-6-10-9-14-13-5-4-11(16-3)8-12(10)13;/h4-5,8-9,14H,6-7H2,1-3H3;1H. The first-order valence-electron chi connectivity index (χ1n) is 5.49. The van der Waals surface area contributed by atoms with Crippen LogP contribution in [0.2, 0.25) is 0 Å². The van der Waals surface area contributed by atoms with Crippen molar-refractivity contribution in [2.45, 2.75) is 6.42 Å². The number of likely N-dealkylation sites (N-methyl/N-ethyl adjacent to an activating group) is 1. The summed E-state index contributed by atoms with van der Waals surface area (Å²) in [6.45, 7) is 1.06. The fourth-order valence-corrected chi connectivity index (χ4v) is 1.84. The molecule has 0 saturated heterocycles. The SMILES string of the molecule is COc1ccc2[nH]cc(CCN(C)C)c2c1.Cl. The number of ether oxygens (including phenoxy) is 1. The first kappa shape index (κ1) is 13.9. The summed E-state index contributed by atoms with van der Waals surface area (Å²) >= 11 is 0. The topological polar surface area (TPSA) is 28.3 Å². The van der Waals surface area contributed by atoms with Gasteiger partial charge in [-0.15, -0.1) is 12.4 Å². The summed E-state index contributed by atoms with van der Waals surface area (Å²) < 4.78 is 5.25. The number of H-pyrrole nitrogens is 1. The fourth-order valence-electron chi connectivity index (χ4n) is 1.84. The minimum atomic E-state index is 0. The van der Waals surface area contributed by atoms with E-state index in [1.54, 1.807) is 7.11 Å². The second kappa shape index (κ2) is 5.94. The van der Waals surface area contributed by atoms with Crippen LogP contribution in [-0.2, 0) is 6.42 Å². The lowest BCUT2D eigenvalue weighted by Crippen LogP contribution is -2.14. The van der Waals surface area contributed by atoms with E-state index >= 15 is 0 Å². The van der Waals surface area contributed by atoms with E-state index in [0.29, 0.717) is 0 Å². The Kier molecular flexibility index (Phi) is 4.85. The first-order valence-corrected chi connectivity index (χ1v) is 5.49. The minimum absolute atomic E-state index is 0. The molecule has 94 valence electrons. The van der Waals surface area contributed by atoms with Crippen molar-refractivity contribution in [3.63, 3.8) is 0 Å². The molecule has 0 bridgehead atoms. The lowest BCUT2D eigenvalue weighted by atomic mass is 10.1. The average molecular weight is 255 g/mol. The van der Waals surface area contributed by atoms with Gasteiger partial charge in [0.05, 0.1) is 7.11 Å². The number of methoxy groups -OCH3 is 1. The number of hydrogen-bond donors (Lipinski definition) is 1. The van der Waals surface area contributed by atoms with Crippen LogP contribution in [0.15, 0.2) is 24.4 Å². The molecule has 3 nitrogen and oxygen atoms in total. The molecule has 0 unspecified atom stereocenters. The number of fused-ring (bicyclic) bond motifs is 1. The minimum Gasteiger partial charge on any atom is -0.497 e. The molecule has 1 heterocycles. The van der Waals surface area contributed by atoms with E-state index < -0.39 is 0 Å². The number of halogens is 1. The summed E-state index contributed by atoms with van der Waals surface area (Å²) in [5.41, 5.74) is 2.53. The summed E-state index contributed by atoms with van der Waals surface area (Å²) in [6.07, 6.45) is 3.15. The highest BCUT2D eigenvalue weighted by Gasteiger charge is 2.05. The monoisotopic (exact) mass is 254 g/mol. The second-order valence-corrected chi connectivity index (χ2v) is 4.28. The molecule has 1 aromatic heterocycles. The summed E-state index contributed by atoms with van der Waals surface area (Å²) in [5, 5.41) is 1.27. The summed E-state index contributed by atoms with van der Waals surface area (Å²) in [5.74, 6) is 0.915. The zero-order valence-electron chi connectivity index (χ0n) is 10.5. The van der Waals surface area contributed by atoms with Crippen LogP contribution in [0.1, 0.15) is 5.56 Å². The zero-order valence-corrected chi connectivity index (χ0v) is 11.3. The molecular weight excluding hydrogens is 236 g/mol. The van der Waals surface area contributed by atoms with Crippen molar-refractivity contribution in [1.29, 1.82) is 0 Å². The van der Waals surface area contributed by atoms with Gasteiger partial charge in [0.25, 0.3) is 0 Å². The van der Waals surface area contributed by atoms with Crippen LogP contribution in [0.25, 0.3) is 10.9 Å². The second-order valence-electron chi connectivity index (χ2n) is 4.28. The van der Waals surface area contributed by atoms with Crippen LogP contribution in [0.5, 0.6) is 5.75 Å². The van der Waals surface area contributed by atoms with Gasteiger partial charge in [-0.2, -0.15) is 0 Å². The predicted molar refractivity (Wildman–Crippen MR) is 74.4 cm³/mol. The van der Waals surface area contributed by atoms with Gasteiger partial charge in [0.1, 0.15) is 5.75 Å². The number of nitrogens with zero attached hydrogens (tertiary/aromatic N) is 1. The Morgan fingerprint density at radius 2 is 2.06 bits per heavy atom. The molecule has 1 aromatic carbocycles. The van der Waals surface area contributed by atoms with E-state index in [-0.39, 0.29) is 12.4 Å². The van der Waals surface area contributed by atoms with Gasteiger partial charge in [-0.1, -0.05) is 0 Å². The maximum Gasteiger partial charge on any atom is 0.119 e. The van der Waals surface area contributed by atoms with Gasteiger partial charge >= 0.3 is 0 Å². The number of aromatic nitrogens is 1. The van der Waals surface area contributed by atoms with E-state index in [4.69, 9.17) is 4.74 Å². The van der Waals surface area contributed by atoms with Crippen LogP contribution in [0, 0.1) is 0 Å². The molecule has 0 aliphatic carbocycles. The molecule has 0 saturated carbocycles. The summed E-state index contributed by atoms with van der Waals surface area (Å²) in [6, 6.07) is 6.14. The Morgan fingerprint density at radius 3 is 2.71 bits per heavy atom. The van der Waals surface area contributed by atoms with Crippen LogP contribution in [0.4, 0.5) is 0 Å². The normalized spacial score (nSPS) is 10.6. The molecule has 17 heavy (non-hydrogen) atoms. The smallest absolute Gasteiger partial charge is 0.119 e. The van der Waals surface area contributed by atoms with E-state index in [1.807, 2.05) is 6.07 Å². The lowest BCUT2D eigenvalue weighted by Gasteiger charge is -2.08. The summed E-state index contributed by atoms with van der Waals surface area (Å²) in [4.78, 5) is 5.48. The van der Waals surface area contributed by atoms with Crippen molar-refractivity contribution in [1.82, 2.24) is 9.88 Å². The van der Waals surface area contributed by atoms with Crippen molar-refractivity contribution in [3.05, 3.63) is 30.0 Å². The maximum absolute atomic E-state index is 5.25. The van der Waals surface area contributed by atoms with Gasteiger partial charge in [0.15, 0.2) is 0 Å². The molecule has 0 atom stereocenters. The van der Waals surface area contributed by atoms with Gasteiger partial charge in [-0.05, 0) is 44.3 Å². The Balaban J connectivity index is 0.00000144. The van der Waals surface area contributed by atoms with Crippen molar-refractivity contribution in [3.8, 4) is 5.75 Å². The quantitative estimate of drug-likeness (QED) is 0.909. The van der Waals surface area contributed by atoms with E-state index in [1.165, 1.54) is 16.5 Å². The number of nitrogens with one attached hydrogen (secondary N) is 1. The third kappa shape index (κ3) is 3.14. The van der Waals surface area contributed by atoms with Crippen LogP contribution in [-0.4, -0.2) is 37.6 Å². The number of aromatic amines is 1. The number of benzene rings is 1. The highest BCUT2D eigenvalue weighted by molar-refractivity contribution is 5.85. The van der Waals surface area contributed by atoms with Crippen LogP contribution in [0.3, 0.4) is 0 Å². The first-order chi connectivity index (χ1) is 7.70. The molecule has 0 spiro atoms. The van der Waals surface area contributed by atoms with Gasteiger partial charge < -0.3 is 14.6 Å². The predicted octanol–water partition coefficient (Wildman–Crippen LogP) is 2.70. The molecule has 0 fully saturated rings. The Morgan fingerprint density at radius 1 is 1.29 bits per heavy atom. The van der Waals surface area contributed by atoms with E-state index in [9.17, 15) is 0 Å².